The lowest BCUT2D eigenvalue weighted by Gasteiger charge is -1.95. The number of allylic oxidation sites excluding steroid dienone is 3. The van der Waals surface area contributed by atoms with Crippen LogP contribution >= 0.6 is 0 Å². The molecule has 0 aliphatic heterocycles. The average Bonchev–Trinajstić information content (AvgIpc) is 2.42. The fourth-order valence-electron chi connectivity index (χ4n) is 1.33. The van der Waals surface area contributed by atoms with E-state index in [1.54, 1.807) is 0 Å². The summed E-state index contributed by atoms with van der Waals surface area (Å²) in [4.78, 5) is 22.0. The fraction of sp³-hybridized carbons (Fsp3) is 0.412. The van der Waals surface area contributed by atoms with Crippen LogP contribution in [0.25, 0.3) is 0 Å². The van der Waals surface area contributed by atoms with Crippen molar-refractivity contribution in [1.82, 2.24) is 0 Å². The largest absolute Gasteiger partial charge is 0.280 e. The zero-order chi connectivity index (χ0) is 14.3. The molecule has 100 valence electrons. The summed E-state index contributed by atoms with van der Waals surface area (Å²) in [5.41, 5.74) is 0. The summed E-state index contributed by atoms with van der Waals surface area (Å²) in [6, 6.07) is 0. The molecule has 0 aromatic rings. The molecular formula is C17H20O2. The standard InChI is InChI=1S/C17H20O2/c1-3-5-6-7-8-9-10-14-17(19)15-12-11-13-16(18)4-2/h4,10,14H,2-3,5-9H2,1H3/b14-10+. The van der Waals surface area contributed by atoms with E-state index in [9.17, 15) is 9.59 Å². The third-order valence-corrected chi connectivity index (χ3v) is 2.36. The second kappa shape index (κ2) is 12.4. The third kappa shape index (κ3) is 12.2. The van der Waals surface area contributed by atoms with Crippen LogP contribution in [0.15, 0.2) is 24.8 Å². The molecule has 0 rings (SSSR count). The van der Waals surface area contributed by atoms with E-state index >= 15 is 0 Å². The lowest BCUT2D eigenvalue weighted by Crippen LogP contribution is -1.86. The normalized spacial score (nSPS) is 9.11. The first kappa shape index (κ1) is 16.9. The number of unbranched alkanes of at least 4 members (excludes halogenated alkanes) is 5. The van der Waals surface area contributed by atoms with Crippen molar-refractivity contribution in [1.29, 1.82) is 0 Å². The molecule has 0 saturated heterocycles. The van der Waals surface area contributed by atoms with Gasteiger partial charge in [-0.2, -0.15) is 0 Å². The van der Waals surface area contributed by atoms with Gasteiger partial charge in [0.25, 0.3) is 0 Å². The molecule has 0 aliphatic carbocycles. The van der Waals surface area contributed by atoms with Crippen molar-refractivity contribution in [3.05, 3.63) is 24.8 Å². The topological polar surface area (TPSA) is 34.1 Å². The maximum absolute atomic E-state index is 11.3. The molecule has 0 aromatic heterocycles. The quantitative estimate of drug-likeness (QED) is 0.289. The molecule has 0 atom stereocenters. The first-order chi connectivity index (χ1) is 9.20. The van der Waals surface area contributed by atoms with Crippen LogP contribution in [0.4, 0.5) is 0 Å². The van der Waals surface area contributed by atoms with Crippen molar-refractivity contribution in [2.75, 3.05) is 0 Å². The van der Waals surface area contributed by atoms with Crippen LogP contribution in [-0.2, 0) is 9.59 Å². The maximum Gasteiger partial charge on any atom is 0.229 e. The maximum atomic E-state index is 11.3. The predicted octanol–water partition coefficient (Wildman–Crippen LogP) is 3.23. The highest BCUT2D eigenvalue weighted by molar-refractivity contribution is 6.06. The first-order valence-corrected chi connectivity index (χ1v) is 6.59. The lowest BCUT2D eigenvalue weighted by atomic mass is 10.1. The molecule has 0 fully saturated rings. The van der Waals surface area contributed by atoms with Crippen molar-refractivity contribution >= 4 is 11.6 Å². The Hall–Kier alpha value is -2.06. The molecule has 0 unspecified atom stereocenters. The molecule has 0 radical (unpaired) electrons. The number of carbonyl (C=O) groups excluding carboxylic acids is 2. The Morgan fingerprint density at radius 2 is 1.63 bits per heavy atom. The highest BCUT2D eigenvalue weighted by Gasteiger charge is 1.89. The van der Waals surface area contributed by atoms with E-state index in [2.05, 4.69) is 37.2 Å². The first-order valence-electron chi connectivity index (χ1n) is 6.59. The zero-order valence-electron chi connectivity index (χ0n) is 11.5. The van der Waals surface area contributed by atoms with Crippen LogP contribution in [0, 0.1) is 23.7 Å². The Morgan fingerprint density at radius 3 is 2.26 bits per heavy atom. The molecular weight excluding hydrogens is 236 g/mol. The minimum Gasteiger partial charge on any atom is -0.280 e. The molecule has 0 bridgehead atoms. The van der Waals surface area contributed by atoms with Gasteiger partial charge < -0.3 is 0 Å². The average molecular weight is 256 g/mol. The Morgan fingerprint density at radius 1 is 1.00 bits per heavy atom. The SMILES string of the molecule is C=CC(=O)C#CC#CC(=O)/C=C/CCCCCCC. The monoisotopic (exact) mass is 256 g/mol. The van der Waals surface area contributed by atoms with Gasteiger partial charge in [-0.05, 0) is 48.7 Å². The molecule has 19 heavy (non-hydrogen) atoms. The second-order valence-electron chi connectivity index (χ2n) is 4.04. The molecule has 0 N–H and O–H groups in total. The Balaban J connectivity index is 3.84. The number of ketones is 2. The molecule has 0 heterocycles. The van der Waals surface area contributed by atoms with Crippen LogP contribution < -0.4 is 0 Å². The highest BCUT2D eigenvalue weighted by Crippen LogP contribution is 2.05. The van der Waals surface area contributed by atoms with E-state index in [0.717, 1.165) is 18.9 Å². The molecule has 0 saturated carbocycles. The molecule has 0 amide bonds. The molecule has 0 aliphatic rings. The Kier molecular flexibility index (Phi) is 11.1. The van der Waals surface area contributed by atoms with Crippen LogP contribution in [0.3, 0.4) is 0 Å². The summed E-state index contributed by atoms with van der Waals surface area (Å²) in [7, 11) is 0. The van der Waals surface area contributed by atoms with Crippen molar-refractivity contribution < 1.29 is 9.59 Å². The number of hydrogen-bond acceptors (Lipinski definition) is 2. The molecule has 0 spiro atoms. The van der Waals surface area contributed by atoms with Crippen LogP contribution in [0.5, 0.6) is 0 Å². The summed E-state index contributed by atoms with van der Waals surface area (Å²) < 4.78 is 0. The molecule has 2 nitrogen and oxygen atoms in total. The van der Waals surface area contributed by atoms with E-state index in [1.807, 2.05) is 6.08 Å². The van der Waals surface area contributed by atoms with E-state index in [0.29, 0.717) is 0 Å². The predicted molar refractivity (Wildman–Crippen MR) is 78.3 cm³/mol. The van der Waals surface area contributed by atoms with Crippen molar-refractivity contribution in [2.24, 2.45) is 0 Å². The van der Waals surface area contributed by atoms with Crippen molar-refractivity contribution in [2.45, 2.75) is 45.4 Å². The lowest BCUT2D eigenvalue weighted by molar-refractivity contribution is -0.110. The third-order valence-electron chi connectivity index (χ3n) is 2.36. The summed E-state index contributed by atoms with van der Waals surface area (Å²) in [5, 5.41) is 0. The number of hydrogen-bond donors (Lipinski definition) is 0. The van der Waals surface area contributed by atoms with Crippen molar-refractivity contribution in [3.63, 3.8) is 0 Å². The molecule has 0 aromatic carbocycles. The summed E-state index contributed by atoms with van der Waals surface area (Å²) >= 11 is 0. The second-order valence-corrected chi connectivity index (χ2v) is 4.04. The minimum absolute atomic E-state index is 0.283. The van der Waals surface area contributed by atoms with Gasteiger partial charge in [0, 0.05) is 0 Å². The van der Waals surface area contributed by atoms with Crippen LogP contribution in [-0.4, -0.2) is 11.6 Å². The van der Waals surface area contributed by atoms with Gasteiger partial charge in [0.2, 0.25) is 11.6 Å². The Bertz CT molecular complexity index is 447. The van der Waals surface area contributed by atoms with Gasteiger partial charge in [0.05, 0.1) is 0 Å². The molecule has 2 heteroatoms. The van der Waals surface area contributed by atoms with E-state index in [1.165, 1.54) is 31.8 Å². The van der Waals surface area contributed by atoms with E-state index < -0.39 is 5.78 Å². The number of rotatable bonds is 8. The number of carbonyl (C=O) groups is 2. The van der Waals surface area contributed by atoms with E-state index in [4.69, 9.17) is 0 Å². The van der Waals surface area contributed by atoms with Gasteiger partial charge in [-0.3, -0.25) is 9.59 Å². The minimum atomic E-state index is -0.399. The van der Waals surface area contributed by atoms with Gasteiger partial charge in [-0.1, -0.05) is 45.3 Å². The zero-order valence-corrected chi connectivity index (χ0v) is 11.5. The fourth-order valence-corrected chi connectivity index (χ4v) is 1.33. The van der Waals surface area contributed by atoms with Gasteiger partial charge in [-0.25, -0.2) is 0 Å². The van der Waals surface area contributed by atoms with Gasteiger partial charge in [0.15, 0.2) is 0 Å². The van der Waals surface area contributed by atoms with Crippen LogP contribution in [0.1, 0.15) is 45.4 Å². The summed E-state index contributed by atoms with van der Waals surface area (Å²) in [6.07, 6.45) is 11.4. The smallest absolute Gasteiger partial charge is 0.229 e. The van der Waals surface area contributed by atoms with E-state index in [-0.39, 0.29) is 5.78 Å². The van der Waals surface area contributed by atoms with Gasteiger partial charge in [0.1, 0.15) is 0 Å². The Labute approximate surface area is 116 Å². The highest BCUT2D eigenvalue weighted by atomic mass is 16.1. The summed E-state index contributed by atoms with van der Waals surface area (Å²) in [5.74, 6) is 8.53. The summed E-state index contributed by atoms with van der Waals surface area (Å²) in [6.45, 7) is 5.46. The van der Waals surface area contributed by atoms with Crippen molar-refractivity contribution in [3.8, 4) is 23.7 Å². The van der Waals surface area contributed by atoms with Gasteiger partial charge >= 0.3 is 0 Å². The van der Waals surface area contributed by atoms with Gasteiger partial charge in [-0.15, -0.1) is 0 Å². The van der Waals surface area contributed by atoms with Crippen LogP contribution in [0.2, 0.25) is 0 Å².